The van der Waals surface area contributed by atoms with E-state index in [9.17, 15) is 42.1 Å². The Kier molecular flexibility index (Phi) is 14.3. The largest absolute Gasteiger partial charge is 1.00 e. The topological polar surface area (TPSA) is 152 Å². The number of hydrogen-bond acceptors (Lipinski definition) is 7. The summed E-state index contributed by atoms with van der Waals surface area (Å²) in [5.74, 6) is -2.98. The minimum absolute atomic E-state index is 0. The molecule has 0 unspecified atom stereocenters. The van der Waals surface area contributed by atoms with Crippen molar-refractivity contribution >= 4 is 28.0 Å². The van der Waals surface area contributed by atoms with Gasteiger partial charge in [-0.15, -0.1) is 0 Å². The summed E-state index contributed by atoms with van der Waals surface area (Å²) < 4.78 is 56.0. The summed E-state index contributed by atoms with van der Waals surface area (Å²) in [5, 5.41) is 34.5. The number of nitrogens with one attached hydrogen (secondary N) is 1. The molecule has 4 rings (SSSR count). The van der Waals surface area contributed by atoms with Crippen LogP contribution in [0.2, 0.25) is 0 Å². The van der Waals surface area contributed by atoms with Crippen molar-refractivity contribution in [3.05, 3.63) is 107 Å². The van der Waals surface area contributed by atoms with E-state index in [0.717, 1.165) is 4.31 Å². The van der Waals surface area contributed by atoms with Crippen LogP contribution in [0, 0.1) is 11.6 Å². The number of aliphatic carboxylic acids is 1. The van der Waals surface area contributed by atoms with Crippen LogP contribution in [0.3, 0.4) is 0 Å². The van der Waals surface area contributed by atoms with Crippen LogP contribution in [0.1, 0.15) is 54.5 Å². The maximum absolute atomic E-state index is 14.2. The van der Waals surface area contributed by atoms with Crippen LogP contribution in [0.5, 0.6) is 0 Å². The van der Waals surface area contributed by atoms with Gasteiger partial charge in [0.05, 0.1) is 17.1 Å². The van der Waals surface area contributed by atoms with E-state index >= 15 is 0 Å². The van der Waals surface area contributed by atoms with Gasteiger partial charge in [-0.3, -0.25) is 4.79 Å². The van der Waals surface area contributed by atoms with Crippen molar-refractivity contribution in [3.63, 3.8) is 0 Å². The number of hydrogen-bond donors (Lipinski definition) is 3. The number of aromatic nitrogens is 1. The standard InChI is InChI=1S/C36H39F2N3O7S.Na/c1-22(2)41-31(18-15-28(42)19-29(43)20-32(44)45)33(24-7-11-26(37)12-8-24)34(25-9-13-27(38)14-10-25)35(41)36(46)39-21-23-5-16-30(17-6-23)49(47,48)40(3)4;/h5-18,22,28-29,42-43H,19-21H2,1-4H3,(H,39,46)(H,44,45);/q;+1/p-1/b18-15+;/t28-,29-;/m1./s1. The number of carboxylic acids is 1. The Bertz CT molecular complexity index is 1930. The molecule has 3 N–H and O–H groups in total. The number of carboxylic acid groups (broad SMARTS) is 1. The molecule has 0 fully saturated rings. The third kappa shape index (κ3) is 9.75. The molecule has 1 amide bonds. The Morgan fingerprint density at radius 2 is 1.42 bits per heavy atom. The zero-order chi connectivity index (χ0) is 36.0. The first-order valence-corrected chi connectivity index (χ1v) is 16.9. The number of halogens is 2. The fourth-order valence-electron chi connectivity index (χ4n) is 5.43. The molecule has 50 heavy (non-hydrogen) atoms. The predicted molar refractivity (Wildman–Crippen MR) is 179 cm³/mol. The van der Waals surface area contributed by atoms with Gasteiger partial charge in [0.2, 0.25) is 10.0 Å². The molecule has 0 aliphatic rings. The van der Waals surface area contributed by atoms with Crippen molar-refractivity contribution in [2.24, 2.45) is 0 Å². The SMILES string of the molecule is CC(C)n1c(/C=C/[C@@H](O)C[C@@H](O)CC(=O)[O-])c(-c2ccc(F)cc2)c(-c2ccc(F)cc2)c1C(=O)NCc1ccc(S(=O)(=O)N(C)C)cc1.[Na+]. The molecule has 0 radical (unpaired) electrons. The number of rotatable bonds is 14. The van der Waals surface area contributed by atoms with E-state index in [2.05, 4.69) is 5.32 Å². The second-order valence-electron chi connectivity index (χ2n) is 12.0. The monoisotopic (exact) mass is 717 g/mol. The summed E-state index contributed by atoms with van der Waals surface area (Å²) in [6.07, 6.45) is -0.711. The van der Waals surface area contributed by atoms with Crippen molar-refractivity contribution in [2.75, 3.05) is 14.1 Å². The Labute approximate surface area is 312 Å². The number of aliphatic hydroxyl groups excluding tert-OH is 2. The Balaban J connectivity index is 0.00000676. The zero-order valence-corrected chi connectivity index (χ0v) is 31.2. The van der Waals surface area contributed by atoms with Gasteiger partial charge in [0.1, 0.15) is 17.3 Å². The van der Waals surface area contributed by atoms with Crippen molar-refractivity contribution in [1.82, 2.24) is 14.2 Å². The Morgan fingerprint density at radius 1 is 0.900 bits per heavy atom. The van der Waals surface area contributed by atoms with Gasteiger partial charge in [0.25, 0.3) is 5.91 Å². The normalized spacial score (nSPS) is 13.0. The Hall–Kier alpha value is -3.69. The first kappa shape index (κ1) is 40.7. The number of carbonyl (C=O) groups is 2. The summed E-state index contributed by atoms with van der Waals surface area (Å²) >= 11 is 0. The second-order valence-corrected chi connectivity index (χ2v) is 14.1. The maximum Gasteiger partial charge on any atom is 1.00 e. The molecule has 1 aromatic heterocycles. The van der Waals surface area contributed by atoms with Gasteiger partial charge in [0.15, 0.2) is 0 Å². The molecule has 0 aliphatic heterocycles. The van der Waals surface area contributed by atoms with Gasteiger partial charge in [-0.25, -0.2) is 21.5 Å². The number of nitrogens with zero attached hydrogens (tertiary/aromatic N) is 2. The quantitative estimate of drug-likeness (QED) is 0.166. The number of amides is 1. The van der Waals surface area contributed by atoms with Gasteiger partial charge in [-0.2, -0.15) is 0 Å². The van der Waals surface area contributed by atoms with E-state index in [1.165, 1.54) is 80.8 Å². The zero-order valence-electron chi connectivity index (χ0n) is 28.4. The first-order valence-electron chi connectivity index (χ1n) is 15.4. The fraction of sp³-hybridized carbons (Fsp3) is 0.278. The molecule has 0 saturated heterocycles. The summed E-state index contributed by atoms with van der Waals surface area (Å²) in [6, 6.07) is 16.8. The number of carbonyl (C=O) groups excluding carboxylic acids is 2. The number of sulfonamides is 1. The minimum atomic E-state index is -3.65. The minimum Gasteiger partial charge on any atom is -0.550 e. The molecule has 0 saturated carbocycles. The third-order valence-corrected chi connectivity index (χ3v) is 9.62. The molecular formula is C36H38F2N3NaO7S. The van der Waals surface area contributed by atoms with E-state index in [-0.39, 0.29) is 59.2 Å². The van der Waals surface area contributed by atoms with Crippen molar-refractivity contribution < 1.29 is 71.7 Å². The van der Waals surface area contributed by atoms with Gasteiger partial charge in [-0.1, -0.05) is 42.5 Å². The average Bonchev–Trinajstić information content (AvgIpc) is 3.38. The van der Waals surface area contributed by atoms with E-state index in [0.29, 0.717) is 33.5 Å². The first-order chi connectivity index (χ1) is 23.1. The van der Waals surface area contributed by atoms with E-state index in [1.807, 2.05) is 13.8 Å². The number of aliphatic hydroxyl groups is 2. The molecule has 0 aliphatic carbocycles. The van der Waals surface area contributed by atoms with E-state index in [4.69, 9.17) is 0 Å². The van der Waals surface area contributed by atoms with Crippen molar-refractivity contribution in [1.29, 1.82) is 0 Å². The van der Waals surface area contributed by atoms with Crippen LogP contribution >= 0.6 is 0 Å². The Morgan fingerprint density at radius 3 is 1.90 bits per heavy atom. The smallest absolute Gasteiger partial charge is 0.550 e. The van der Waals surface area contributed by atoms with E-state index in [1.54, 1.807) is 22.8 Å². The van der Waals surface area contributed by atoms with Gasteiger partial charge in [0, 0.05) is 62.3 Å². The van der Waals surface area contributed by atoms with Crippen LogP contribution in [0.15, 0.2) is 83.8 Å². The molecular weight excluding hydrogens is 679 g/mol. The molecule has 10 nitrogen and oxygen atoms in total. The number of benzene rings is 3. The van der Waals surface area contributed by atoms with Crippen molar-refractivity contribution in [3.8, 4) is 22.3 Å². The molecule has 2 atom stereocenters. The van der Waals surface area contributed by atoms with Crippen LogP contribution in [0.4, 0.5) is 8.78 Å². The summed E-state index contributed by atoms with van der Waals surface area (Å²) in [4.78, 5) is 25.2. The van der Waals surface area contributed by atoms with Gasteiger partial charge >= 0.3 is 29.6 Å². The van der Waals surface area contributed by atoms with Crippen molar-refractivity contribution in [2.45, 2.75) is 56.4 Å². The van der Waals surface area contributed by atoms with Crippen LogP contribution in [-0.2, 0) is 21.4 Å². The molecule has 260 valence electrons. The van der Waals surface area contributed by atoms with Crippen LogP contribution in [-0.4, -0.2) is 65.7 Å². The summed E-state index contributed by atoms with van der Waals surface area (Å²) in [7, 11) is -0.797. The molecule has 0 spiro atoms. The second kappa shape index (κ2) is 17.5. The fourth-order valence-corrected chi connectivity index (χ4v) is 6.33. The predicted octanol–water partition coefficient (Wildman–Crippen LogP) is 1.13. The average molecular weight is 718 g/mol. The van der Waals surface area contributed by atoms with E-state index < -0.39 is 52.2 Å². The van der Waals surface area contributed by atoms with Gasteiger partial charge in [-0.05, 0) is 73.0 Å². The molecule has 4 aromatic rings. The summed E-state index contributed by atoms with van der Waals surface area (Å²) in [6.45, 7) is 3.70. The van der Waals surface area contributed by atoms with Crippen LogP contribution < -0.4 is 40.0 Å². The van der Waals surface area contributed by atoms with Crippen LogP contribution in [0.25, 0.3) is 28.3 Å². The third-order valence-electron chi connectivity index (χ3n) is 7.79. The molecule has 3 aromatic carbocycles. The molecule has 0 bridgehead atoms. The molecule has 1 heterocycles. The summed E-state index contributed by atoms with van der Waals surface area (Å²) in [5.41, 5.74) is 3.09. The maximum atomic E-state index is 14.2. The van der Waals surface area contributed by atoms with Gasteiger partial charge < -0.3 is 30.0 Å². The molecule has 14 heteroatoms.